The van der Waals surface area contributed by atoms with Crippen molar-refractivity contribution >= 4 is 29.1 Å². The van der Waals surface area contributed by atoms with Crippen LogP contribution in [0.5, 0.6) is 11.9 Å². The van der Waals surface area contributed by atoms with Gasteiger partial charge in [-0.15, -0.1) is 11.3 Å². The number of hydrogen-bond donors (Lipinski definition) is 0. The monoisotopic (exact) mass is 355 g/mol. The fourth-order valence-corrected chi connectivity index (χ4v) is 3.82. The number of nitrogens with zero attached hydrogens (tertiary/aromatic N) is 3. The van der Waals surface area contributed by atoms with Gasteiger partial charge in [-0.25, -0.2) is 4.98 Å². The number of carbonyl (C=O) groups excluding carboxylic acids is 1. The van der Waals surface area contributed by atoms with Gasteiger partial charge in [0.05, 0.1) is 32.9 Å². The third kappa shape index (κ3) is 4.80. The highest BCUT2D eigenvalue weighted by atomic mass is 32.2. The highest BCUT2D eigenvalue weighted by Gasteiger charge is 2.15. The lowest BCUT2D eigenvalue weighted by Crippen LogP contribution is -2.07. The summed E-state index contributed by atoms with van der Waals surface area (Å²) < 4.78 is 15.9. The van der Waals surface area contributed by atoms with E-state index in [1.807, 2.05) is 6.92 Å². The summed E-state index contributed by atoms with van der Waals surface area (Å²) in [6.07, 6.45) is 0.230. The average Bonchev–Trinajstić information content (AvgIpc) is 2.86. The molecule has 124 valence electrons. The zero-order valence-electron chi connectivity index (χ0n) is 13.3. The molecule has 2 aromatic rings. The Morgan fingerprint density at radius 3 is 2.70 bits per heavy atom. The second kappa shape index (κ2) is 8.11. The maximum atomic E-state index is 11.6. The number of rotatable bonds is 7. The SMILES string of the molecule is CCOC(=O)Cc1sc(Sc2cc(OC)nc(OC)n2)nc1C. The fraction of sp³-hybridized carbons (Fsp3) is 0.429. The van der Waals surface area contributed by atoms with Crippen LogP contribution in [0.15, 0.2) is 15.4 Å². The summed E-state index contributed by atoms with van der Waals surface area (Å²) in [4.78, 5) is 25.2. The highest BCUT2D eigenvalue weighted by Crippen LogP contribution is 2.34. The number of methoxy groups -OCH3 is 2. The van der Waals surface area contributed by atoms with Crippen LogP contribution in [0, 0.1) is 6.92 Å². The van der Waals surface area contributed by atoms with Crippen LogP contribution in [0.1, 0.15) is 17.5 Å². The molecule has 9 heteroatoms. The van der Waals surface area contributed by atoms with Gasteiger partial charge >= 0.3 is 12.0 Å². The van der Waals surface area contributed by atoms with E-state index >= 15 is 0 Å². The van der Waals surface area contributed by atoms with E-state index in [2.05, 4.69) is 15.0 Å². The number of carbonyl (C=O) groups is 1. The van der Waals surface area contributed by atoms with Crippen LogP contribution >= 0.6 is 23.1 Å². The molecule has 7 nitrogen and oxygen atoms in total. The molecule has 0 aliphatic rings. The minimum absolute atomic E-state index is 0.229. The Bertz CT molecular complexity index is 668. The van der Waals surface area contributed by atoms with Crippen molar-refractivity contribution in [1.82, 2.24) is 15.0 Å². The predicted octanol–water partition coefficient (Wildman–Crippen LogP) is 2.52. The lowest BCUT2D eigenvalue weighted by Gasteiger charge is -2.04. The largest absolute Gasteiger partial charge is 0.481 e. The minimum atomic E-state index is -0.249. The summed E-state index contributed by atoms with van der Waals surface area (Å²) in [7, 11) is 3.02. The van der Waals surface area contributed by atoms with Gasteiger partial charge in [0, 0.05) is 10.9 Å². The van der Waals surface area contributed by atoms with Crippen molar-refractivity contribution in [3.05, 3.63) is 16.6 Å². The Kier molecular flexibility index (Phi) is 6.17. The summed E-state index contributed by atoms with van der Waals surface area (Å²) in [6, 6.07) is 1.93. The molecule has 2 rings (SSSR count). The molecule has 0 N–H and O–H groups in total. The van der Waals surface area contributed by atoms with E-state index < -0.39 is 0 Å². The first-order chi connectivity index (χ1) is 11.0. The van der Waals surface area contributed by atoms with Crippen molar-refractivity contribution in [2.24, 2.45) is 0 Å². The van der Waals surface area contributed by atoms with Gasteiger partial charge in [0.15, 0.2) is 4.34 Å². The molecule has 0 fully saturated rings. The number of aromatic nitrogens is 3. The normalized spacial score (nSPS) is 10.4. The first-order valence-electron chi connectivity index (χ1n) is 6.82. The molecule has 0 aliphatic heterocycles. The maximum absolute atomic E-state index is 11.6. The van der Waals surface area contributed by atoms with Crippen LogP contribution in [-0.4, -0.2) is 41.7 Å². The van der Waals surface area contributed by atoms with Crippen LogP contribution in [0.25, 0.3) is 0 Å². The lowest BCUT2D eigenvalue weighted by atomic mass is 10.3. The fourth-order valence-electron chi connectivity index (χ4n) is 1.67. The third-order valence-electron chi connectivity index (χ3n) is 2.73. The zero-order valence-corrected chi connectivity index (χ0v) is 14.9. The predicted molar refractivity (Wildman–Crippen MR) is 86.4 cm³/mol. The number of thiazole rings is 1. The average molecular weight is 355 g/mol. The van der Waals surface area contributed by atoms with Crippen molar-refractivity contribution in [2.45, 2.75) is 29.6 Å². The van der Waals surface area contributed by atoms with Crippen LogP contribution in [0.2, 0.25) is 0 Å². The van der Waals surface area contributed by atoms with Crippen molar-refractivity contribution < 1.29 is 19.0 Å². The summed E-state index contributed by atoms with van der Waals surface area (Å²) in [5.74, 6) is 0.167. The van der Waals surface area contributed by atoms with Gasteiger partial charge in [-0.2, -0.15) is 9.97 Å². The highest BCUT2D eigenvalue weighted by molar-refractivity contribution is 8.01. The van der Waals surface area contributed by atoms with Gasteiger partial charge in [0.1, 0.15) is 5.03 Å². The Labute approximate surface area is 142 Å². The maximum Gasteiger partial charge on any atom is 0.320 e. The Morgan fingerprint density at radius 2 is 2.04 bits per heavy atom. The molecule has 0 amide bonds. The molecule has 0 spiro atoms. The molecule has 0 radical (unpaired) electrons. The van der Waals surface area contributed by atoms with Crippen LogP contribution < -0.4 is 9.47 Å². The molecule has 23 heavy (non-hydrogen) atoms. The van der Waals surface area contributed by atoms with Gasteiger partial charge in [-0.1, -0.05) is 0 Å². The number of ether oxygens (including phenoxy) is 3. The first kappa shape index (κ1) is 17.5. The van der Waals surface area contributed by atoms with E-state index in [0.717, 1.165) is 14.9 Å². The second-order valence-electron chi connectivity index (χ2n) is 4.31. The van der Waals surface area contributed by atoms with E-state index in [4.69, 9.17) is 14.2 Å². The molecule has 2 heterocycles. The molecule has 0 saturated carbocycles. The summed E-state index contributed by atoms with van der Waals surface area (Å²) in [5.41, 5.74) is 0.818. The zero-order chi connectivity index (χ0) is 16.8. The van der Waals surface area contributed by atoms with E-state index in [9.17, 15) is 4.79 Å². The lowest BCUT2D eigenvalue weighted by molar-refractivity contribution is -0.142. The topological polar surface area (TPSA) is 83.4 Å². The van der Waals surface area contributed by atoms with Crippen molar-refractivity contribution in [3.63, 3.8) is 0 Å². The molecule has 0 saturated heterocycles. The van der Waals surface area contributed by atoms with E-state index in [1.165, 1.54) is 37.3 Å². The van der Waals surface area contributed by atoms with Gasteiger partial charge in [0.2, 0.25) is 5.88 Å². The molecule has 0 aromatic carbocycles. The van der Waals surface area contributed by atoms with Crippen LogP contribution in [-0.2, 0) is 16.0 Å². The molecular weight excluding hydrogens is 338 g/mol. The number of esters is 1. The molecule has 0 unspecified atom stereocenters. The third-order valence-corrected chi connectivity index (χ3v) is 4.86. The smallest absolute Gasteiger partial charge is 0.320 e. The molecule has 0 aliphatic carbocycles. The second-order valence-corrected chi connectivity index (χ2v) is 6.66. The summed E-state index contributed by atoms with van der Waals surface area (Å²) in [5, 5.41) is 0.658. The standard InChI is InChI=1S/C14H17N3O4S2/c1-5-21-12(18)6-9-8(2)15-14(22-9)23-11-7-10(19-3)16-13(17-11)20-4/h7H,5-6H2,1-4H3. The van der Waals surface area contributed by atoms with Gasteiger partial charge in [-0.3, -0.25) is 4.79 Å². The number of aryl methyl sites for hydroxylation is 1. The van der Waals surface area contributed by atoms with Crippen molar-refractivity contribution in [2.75, 3.05) is 20.8 Å². The van der Waals surface area contributed by atoms with Crippen molar-refractivity contribution in [1.29, 1.82) is 0 Å². The summed E-state index contributed by atoms with van der Waals surface area (Å²) in [6.45, 7) is 4.03. The Hall–Kier alpha value is -1.87. The molecule has 0 atom stereocenters. The Balaban J connectivity index is 2.16. The molecule has 2 aromatic heterocycles. The quantitative estimate of drug-likeness (QED) is 0.553. The summed E-state index contributed by atoms with van der Waals surface area (Å²) >= 11 is 2.81. The molecule has 0 bridgehead atoms. The minimum Gasteiger partial charge on any atom is -0.481 e. The van der Waals surface area contributed by atoms with E-state index in [0.29, 0.717) is 17.5 Å². The van der Waals surface area contributed by atoms with Crippen molar-refractivity contribution in [3.8, 4) is 11.9 Å². The van der Waals surface area contributed by atoms with Crippen LogP contribution in [0.3, 0.4) is 0 Å². The molecular formula is C14H17N3O4S2. The van der Waals surface area contributed by atoms with Gasteiger partial charge in [-0.05, 0) is 25.6 Å². The Morgan fingerprint density at radius 1 is 1.26 bits per heavy atom. The van der Waals surface area contributed by atoms with E-state index in [-0.39, 0.29) is 18.4 Å². The van der Waals surface area contributed by atoms with E-state index in [1.54, 1.807) is 13.0 Å². The van der Waals surface area contributed by atoms with Gasteiger partial charge in [0.25, 0.3) is 0 Å². The number of hydrogen-bond acceptors (Lipinski definition) is 9. The van der Waals surface area contributed by atoms with Gasteiger partial charge < -0.3 is 14.2 Å². The first-order valence-corrected chi connectivity index (χ1v) is 8.45. The van der Waals surface area contributed by atoms with Crippen LogP contribution in [0.4, 0.5) is 0 Å².